The van der Waals surface area contributed by atoms with E-state index in [4.69, 9.17) is 4.74 Å². The lowest BCUT2D eigenvalue weighted by atomic mass is 9.84. The second kappa shape index (κ2) is 5.41. The summed E-state index contributed by atoms with van der Waals surface area (Å²) in [6, 6.07) is 2.72. The molecule has 2 atom stereocenters. The molecule has 1 aromatic rings. The molecule has 1 heterocycles. The molecule has 2 unspecified atom stereocenters. The van der Waals surface area contributed by atoms with E-state index in [0.29, 0.717) is 12.0 Å². The highest BCUT2D eigenvalue weighted by molar-refractivity contribution is 5.46. The van der Waals surface area contributed by atoms with Crippen LogP contribution in [-0.4, -0.2) is 20.3 Å². The zero-order valence-electron chi connectivity index (χ0n) is 12.3. The molecule has 0 aliphatic carbocycles. The SMILES string of the molecule is CNC(c1c(C)c(C)cc(C)c1C)C1CCOC1. The number of hydrogen-bond acceptors (Lipinski definition) is 2. The maximum Gasteiger partial charge on any atom is 0.0513 e. The number of rotatable bonds is 3. The third-order valence-electron chi connectivity index (χ3n) is 4.48. The standard InChI is InChI=1S/C16H25NO/c1-10-8-11(2)13(4)15(12(10)3)16(17-5)14-6-7-18-9-14/h8,14,16-17H,6-7,9H2,1-5H3. The number of nitrogens with one attached hydrogen (secondary N) is 1. The quantitative estimate of drug-likeness (QED) is 0.885. The van der Waals surface area contributed by atoms with E-state index in [-0.39, 0.29) is 0 Å². The molecule has 0 radical (unpaired) electrons. The van der Waals surface area contributed by atoms with E-state index in [2.05, 4.69) is 46.1 Å². The minimum absolute atomic E-state index is 0.422. The molecule has 0 aromatic heterocycles. The molecule has 1 aliphatic rings. The maximum atomic E-state index is 5.56. The average Bonchev–Trinajstić information content (AvgIpc) is 2.85. The van der Waals surface area contributed by atoms with Gasteiger partial charge in [-0.3, -0.25) is 0 Å². The van der Waals surface area contributed by atoms with E-state index in [1.54, 1.807) is 0 Å². The van der Waals surface area contributed by atoms with Gasteiger partial charge in [0.2, 0.25) is 0 Å². The Labute approximate surface area is 111 Å². The van der Waals surface area contributed by atoms with Gasteiger partial charge in [0.25, 0.3) is 0 Å². The maximum absolute atomic E-state index is 5.56. The number of ether oxygens (including phenoxy) is 1. The van der Waals surface area contributed by atoms with E-state index < -0.39 is 0 Å². The van der Waals surface area contributed by atoms with Crippen LogP contribution in [0.1, 0.15) is 40.3 Å². The Morgan fingerprint density at radius 1 is 1.17 bits per heavy atom. The number of hydrogen-bond donors (Lipinski definition) is 1. The van der Waals surface area contributed by atoms with Gasteiger partial charge in [0, 0.05) is 18.6 Å². The molecule has 18 heavy (non-hydrogen) atoms. The van der Waals surface area contributed by atoms with Crippen LogP contribution in [0.2, 0.25) is 0 Å². The summed E-state index contributed by atoms with van der Waals surface area (Å²) in [6.07, 6.45) is 1.16. The van der Waals surface area contributed by atoms with Gasteiger partial charge < -0.3 is 10.1 Å². The first-order valence-electron chi connectivity index (χ1n) is 6.88. The summed E-state index contributed by atoms with van der Waals surface area (Å²) in [6.45, 7) is 10.7. The molecule has 1 N–H and O–H groups in total. The molecule has 0 spiro atoms. The third kappa shape index (κ3) is 2.32. The van der Waals surface area contributed by atoms with E-state index >= 15 is 0 Å². The lowest BCUT2D eigenvalue weighted by Crippen LogP contribution is -2.27. The lowest BCUT2D eigenvalue weighted by Gasteiger charge is -2.27. The second-order valence-electron chi connectivity index (χ2n) is 5.56. The Bertz CT molecular complexity index is 407. The minimum atomic E-state index is 0.422. The van der Waals surface area contributed by atoms with Gasteiger partial charge in [0.15, 0.2) is 0 Å². The Morgan fingerprint density at radius 3 is 2.22 bits per heavy atom. The van der Waals surface area contributed by atoms with Crippen molar-refractivity contribution in [3.05, 3.63) is 33.9 Å². The van der Waals surface area contributed by atoms with E-state index in [0.717, 1.165) is 19.6 Å². The van der Waals surface area contributed by atoms with Gasteiger partial charge >= 0.3 is 0 Å². The summed E-state index contributed by atoms with van der Waals surface area (Å²) in [4.78, 5) is 0. The first-order chi connectivity index (χ1) is 8.56. The van der Waals surface area contributed by atoms with E-state index in [9.17, 15) is 0 Å². The molecule has 1 aliphatic heterocycles. The fraction of sp³-hybridized carbons (Fsp3) is 0.625. The molecule has 0 saturated carbocycles. The third-order valence-corrected chi connectivity index (χ3v) is 4.48. The van der Waals surface area contributed by atoms with Crippen molar-refractivity contribution >= 4 is 0 Å². The smallest absolute Gasteiger partial charge is 0.0513 e. The predicted molar refractivity (Wildman–Crippen MR) is 76.1 cm³/mol. The van der Waals surface area contributed by atoms with Gasteiger partial charge in [-0.05, 0) is 69.0 Å². The van der Waals surface area contributed by atoms with Crippen LogP contribution in [0.3, 0.4) is 0 Å². The van der Waals surface area contributed by atoms with Crippen LogP contribution in [0, 0.1) is 33.6 Å². The summed E-state index contributed by atoms with van der Waals surface area (Å²) in [5.74, 6) is 0.605. The summed E-state index contributed by atoms with van der Waals surface area (Å²) < 4.78 is 5.56. The summed E-state index contributed by atoms with van der Waals surface area (Å²) >= 11 is 0. The number of aryl methyl sites for hydroxylation is 2. The van der Waals surface area contributed by atoms with Crippen molar-refractivity contribution in [3.8, 4) is 0 Å². The zero-order chi connectivity index (χ0) is 13.3. The van der Waals surface area contributed by atoms with E-state index in [1.807, 2.05) is 0 Å². The van der Waals surface area contributed by atoms with Crippen molar-refractivity contribution in [2.24, 2.45) is 5.92 Å². The molecule has 1 saturated heterocycles. The Morgan fingerprint density at radius 2 is 1.78 bits per heavy atom. The van der Waals surface area contributed by atoms with Crippen LogP contribution < -0.4 is 5.32 Å². The largest absolute Gasteiger partial charge is 0.381 e. The summed E-state index contributed by atoms with van der Waals surface area (Å²) in [5, 5.41) is 3.52. The average molecular weight is 247 g/mol. The van der Waals surface area contributed by atoms with Crippen molar-refractivity contribution in [1.82, 2.24) is 5.32 Å². The molecule has 0 bridgehead atoms. The van der Waals surface area contributed by atoms with Gasteiger partial charge in [-0.15, -0.1) is 0 Å². The molecule has 1 fully saturated rings. The van der Waals surface area contributed by atoms with Gasteiger partial charge in [-0.25, -0.2) is 0 Å². The molecule has 2 nitrogen and oxygen atoms in total. The molecule has 1 aromatic carbocycles. The van der Waals surface area contributed by atoms with Crippen molar-refractivity contribution in [1.29, 1.82) is 0 Å². The zero-order valence-corrected chi connectivity index (χ0v) is 12.3. The Hall–Kier alpha value is -0.860. The highest BCUT2D eigenvalue weighted by atomic mass is 16.5. The summed E-state index contributed by atoms with van der Waals surface area (Å²) in [5.41, 5.74) is 7.15. The molecule has 2 rings (SSSR count). The van der Waals surface area contributed by atoms with Crippen LogP contribution in [0.4, 0.5) is 0 Å². The van der Waals surface area contributed by atoms with Crippen molar-refractivity contribution in [2.75, 3.05) is 20.3 Å². The fourth-order valence-corrected chi connectivity index (χ4v) is 3.15. The predicted octanol–water partition coefficient (Wildman–Crippen LogP) is 3.22. The Balaban J connectivity index is 2.47. The molecule has 2 heteroatoms. The topological polar surface area (TPSA) is 21.3 Å². The Kier molecular flexibility index (Phi) is 4.08. The first-order valence-corrected chi connectivity index (χ1v) is 6.88. The van der Waals surface area contributed by atoms with Gasteiger partial charge in [-0.2, -0.15) is 0 Å². The van der Waals surface area contributed by atoms with Crippen LogP contribution >= 0.6 is 0 Å². The van der Waals surface area contributed by atoms with Gasteiger partial charge in [-0.1, -0.05) is 6.07 Å². The van der Waals surface area contributed by atoms with Gasteiger partial charge in [0.05, 0.1) is 6.61 Å². The van der Waals surface area contributed by atoms with Crippen LogP contribution in [-0.2, 0) is 4.74 Å². The first kappa shape index (κ1) is 13.6. The van der Waals surface area contributed by atoms with Crippen molar-refractivity contribution in [3.63, 3.8) is 0 Å². The highest BCUT2D eigenvalue weighted by Crippen LogP contribution is 2.34. The van der Waals surface area contributed by atoms with Crippen LogP contribution in [0.25, 0.3) is 0 Å². The second-order valence-corrected chi connectivity index (χ2v) is 5.56. The van der Waals surface area contributed by atoms with E-state index in [1.165, 1.54) is 27.8 Å². The highest BCUT2D eigenvalue weighted by Gasteiger charge is 2.28. The van der Waals surface area contributed by atoms with Gasteiger partial charge in [0.1, 0.15) is 0 Å². The van der Waals surface area contributed by atoms with Crippen molar-refractivity contribution < 1.29 is 4.74 Å². The monoisotopic (exact) mass is 247 g/mol. The summed E-state index contributed by atoms with van der Waals surface area (Å²) in [7, 11) is 2.07. The van der Waals surface area contributed by atoms with Crippen LogP contribution in [0.5, 0.6) is 0 Å². The number of benzene rings is 1. The normalized spacial score (nSPS) is 21.3. The fourth-order valence-electron chi connectivity index (χ4n) is 3.15. The van der Waals surface area contributed by atoms with Crippen LogP contribution in [0.15, 0.2) is 6.07 Å². The molecular formula is C16H25NO. The molecule has 100 valence electrons. The minimum Gasteiger partial charge on any atom is -0.381 e. The molecule has 0 amide bonds. The van der Waals surface area contributed by atoms with Crippen molar-refractivity contribution in [2.45, 2.75) is 40.2 Å². The lowest BCUT2D eigenvalue weighted by molar-refractivity contribution is 0.177. The molecular weight excluding hydrogens is 222 g/mol.